The van der Waals surface area contributed by atoms with E-state index in [1.807, 2.05) is 0 Å². The van der Waals surface area contributed by atoms with Crippen molar-refractivity contribution in [3.63, 3.8) is 0 Å². The molecule has 0 fully saturated rings. The summed E-state index contributed by atoms with van der Waals surface area (Å²) >= 11 is 0. The van der Waals surface area contributed by atoms with Crippen LogP contribution in [0.2, 0.25) is 0 Å². The molecule has 0 spiro atoms. The molecule has 1 N–H and O–H groups in total. The standard InChI is InChI=1S/C15H26N2/c1-4-7-15-13-8-9-16-14(13)11-12(6-3)17(15)10-5-2/h8-9,12,15-16H,4-7,10-11H2,1-3H3/t12-,15+/m0/s1. The van der Waals surface area contributed by atoms with Gasteiger partial charge in [-0.05, 0) is 37.4 Å². The average molecular weight is 234 g/mol. The Morgan fingerprint density at radius 2 is 2.12 bits per heavy atom. The fourth-order valence-corrected chi connectivity index (χ4v) is 3.26. The van der Waals surface area contributed by atoms with Gasteiger partial charge in [-0.15, -0.1) is 0 Å². The van der Waals surface area contributed by atoms with Crippen molar-refractivity contribution in [2.24, 2.45) is 0 Å². The Bertz CT molecular complexity index is 342. The van der Waals surface area contributed by atoms with Crippen LogP contribution in [-0.4, -0.2) is 22.5 Å². The van der Waals surface area contributed by atoms with Crippen LogP contribution in [-0.2, 0) is 6.42 Å². The SMILES string of the molecule is CCC[C@@H]1c2cc[nH]c2C[C@H](CC)N1CCC. The molecular formula is C15H26N2. The highest BCUT2D eigenvalue weighted by Gasteiger charge is 2.32. The molecule has 2 heterocycles. The quantitative estimate of drug-likeness (QED) is 0.818. The molecular weight excluding hydrogens is 208 g/mol. The summed E-state index contributed by atoms with van der Waals surface area (Å²) < 4.78 is 0. The Balaban J connectivity index is 2.27. The van der Waals surface area contributed by atoms with Crippen LogP contribution in [0, 0.1) is 0 Å². The van der Waals surface area contributed by atoms with Gasteiger partial charge in [0.15, 0.2) is 0 Å². The van der Waals surface area contributed by atoms with Crippen LogP contribution < -0.4 is 0 Å². The van der Waals surface area contributed by atoms with Crippen molar-refractivity contribution >= 4 is 0 Å². The number of hydrogen-bond acceptors (Lipinski definition) is 1. The number of aromatic amines is 1. The van der Waals surface area contributed by atoms with Crippen molar-refractivity contribution < 1.29 is 0 Å². The summed E-state index contributed by atoms with van der Waals surface area (Å²) in [6, 6.07) is 3.68. The van der Waals surface area contributed by atoms with E-state index < -0.39 is 0 Å². The first-order valence-corrected chi connectivity index (χ1v) is 7.23. The molecule has 0 saturated carbocycles. The minimum absolute atomic E-state index is 0.653. The van der Waals surface area contributed by atoms with Gasteiger partial charge in [0.1, 0.15) is 0 Å². The fraction of sp³-hybridized carbons (Fsp3) is 0.733. The van der Waals surface area contributed by atoms with Gasteiger partial charge in [0.2, 0.25) is 0 Å². The third kappa shape index (κ3) is 2.42. The van der Waals surface area contributed by atoms with Crippen molar-refractivity contribution in [1.29, 1.82) is 0 Å². The number of nitrogens with zero attached hydrogens (tertiary/aromatic N) is 1. The Kier molecular flexibility index (Phi) is 4.27. The fourth-order valence-electron chi connectivity index (χ4n) is 3.26. The van der Waals surface area contributed by atoms with Gasteiger partial charge in [0, 0.05) is 30.4 Å². The lowest BCUT2D eigenvalue weighted by Gasteiger charge is -2.42. The predicted molar refractivity (Wildman–Crippen MR) is 73.2 cm³/mol. The summed E-state index contributed by atoms with van der Waals surface area (Å²) in [5, 5.41) is 0. The van der Waals surface area contributed by atoms with Gasteiger partial charge in [0.05, 0.1) is 0 Å². The van der Waals surface area contributed by atoms with Crippen LogP contribution in [0.25, 0.3) is 0 Å². The van der Waals surface area contributed by atoms with Gasteiger partial charge in [-0.25, -0.2) is 0 Å². The second-order valence-electron chi connectivity index (χ2n) is 5.22. The zero-order chi connectivity index (χ0) is 12.3. The minimum atomic E-state index is 0.653. The molecule has 0 aliphatic carbocycles. The maximum absolute atomic E-state index is 3.45. The molecule has 0 bridgehead atoms. The largest absolute Gasteiger partial charge is 0.365 e. The van der Waals surface area contributed by atoms with Crippen LogP contribution in [0.5, 0.6) is 0 Å². The molecule has 0 saturated heterocycles. The first kappa shape index (κ1) is 12.7. The number of nitrogens with one attached hydrogen (secondary N) is 1. The number of aromatic nitrogens is 1. The summed E-state index contributed by atoms with van der Waals surface area (Å²) in [7, 11) is 0. The van der Waals surface area contributed by atoms with E-state index in [-0.39, 0.29) is 0 Å². The molecule has 2 rings (SSSR count). The zero-order valence-electron chi connectivity index (χ0n) is 11.5. The summed E-state index contributed by atoms with van der Waals surface area (Å²) in [5.74, 6) is 0. The Hall–Kier alpha value is -0.760. The molecule has 1 aromatic rings. The van der Waals surface area contributed by atoms with Gasteiger partial charge in [-0.3, -0.25) is 4.90 Å². The van der Waals surface area contributed by atoms with Crippen molar-refractivity contribution in [1.82, 2.24) is 9.88 Å². The molecule has 1 aliphatic rings. The molecule has 0 amide bonds. The molecule has 2 atom stereocenters. The second-order valence-corrected chi connectivity index (χ2v) is 5.22. The Morgan fingerprint density at radius 1 is 1.29 bits per heavy atom. The van der Waals surface area contributed by atoms with E-state index in [0.717, 1.165) is 6.04 Å². The van der Waals surface area contributed by atoms with Crippen LogP contribution in [0.15, 0.2) is 12.3 Å². The molecule has 0 radical (unpaired) electrons. The van der Waals surface area contributed by atoms with Gasteiger partial charge < -0.3 is 4.98 Å². The second kappa shape index (κ2) is 5.72. The first-order valence-electron chi connectivity index (χ1n) is 7.23. The van der Waals surface area contributed by atoms with E-state index in [1.54, 1.807) is 5.56 Å². The lowest BCUT2D eigenvalue weighted by molar-refractivity contribution is 0.106. The van der Waals surface area contributed by atoms with Gasteiger partial charge in [-0.2, -0.15) is 0 Å². The number of rotatable bonds is 5. The number of H-pyrrole nitrogens is 1. The highest BCUT2D eigenvalue weighted by Crippen LogP contribution is 2.36. The van der Waals surface area contributed by atoms with E-state index >= 15 is 0 Å². The van der Waals surface area contributed by atoms with Crippen LogP contribution in [0.3, 0.4) is 0 Å². The van der Waals surface area contributed by atoms with E-state index in [1.165, 1.54) is 44.3 Å². The highest BCUT2D eigenvalue weighted by atomic mass is 15.2. The van der Waals surface area contributed by atoms with Crippen LogP contribution in [0.4, 0.5) is 0 Å². The Labute approximate surface area is 105 Å². The van der Waals surface area contributed by atoms with Gasteiger partial charge >= 0.3 is 0 Å². The van der Waals surface area contributed by atoms with E-state index in [2.05, 4.69) is 42.9 Å². The molecule has 2 heteroatoms. The smallest absolute Gasteiger partial charge is 0.0368 e. The van der Waals surface area contributed by atoms with Crippen LogP contribution >= 0.6 is 0 Å². The van der Waals surface area contributed by atoms with Crippen LogP contribution in [0.1, 0.15) is 63.8 Å². The maximum Gasteiger partial charge on any atom is 0.0368 e. The highest BCUT2D eigenvalue weighted by molar-refractivity contribution is 5.28. The average Bonchev–Trinajstić information content (AvgIpc) is 2.79. The number of hydrogen-bond donors (Lipinski definition) is 1. The Morgan fingerprint density at radius 3 is 2.76 bits per heavy atom. The molecule has 1 aromatic heterocycles. The third-order valence-electron chi connectivity index (χ3n) is 4.05. The summed E-state index contributed by atoms with van der Waals surface area (Å²) in [5.41, 5.74) is 3.05. The normalized spacial score (nSPS) is 24.9. The predicted octanol–water partition coefficient (Wildman–Crippen LogP) is 3.90. The van der Waals surface area contributed by atoms with Crippen molar-refractivity contribution in [3.8, 4) is 0 Å². The van der Waals surface area contributed by atoms with Gasteiger partial charge in [0.25, 0.3) is 0 Å². The molecule has 17 heavy (non-hydrogen) atoms. The first-order chi connectivity index (χ1) is 8.31. The lowest BCUT2D eigenvalue weighted by atomic mass is 9.89. The summed E-state index contributed by atoms with van der Waals surface area (Å²) in [4.78, 5) is 6.20. The van der Waals surface area contributed by atoms with Gasteiger partial charge in [-0.1, -0.05) is 27.2 Å². The number of fused-ring (bicyclic) bond motifs is 1. The summed E-state index contributed by atoms with van der Waals surface area (Å²) in [6.45, 7) is 8.16. The summed E-state index contributed by atoms with van der Waals surface area (Å²) in [6.07, 6.45) is 8.41. The molecule has 1 aliphatic heterocycles. The lowest BCUT2D eigenvalue weighted by Crippen LogP contribution is -2.43. The van der Waals surface area contributed by atoms with E-state index in [9.17, 15) is 0 Å². The minimum Gasteiger partial charge on any atom is -0.365 e. The molecule has 0 unspecified atom stereocenters. The maximum atomic E-state index is 3.45. The van der Waals surface area contributed by atoms with E-state index in [0.29, 0.717) is 6.04 Å². The molecule has 2 nitrogen and oxygen atoms in total. The van der Waals surface area contributed by atoms with E-state index in [4.69, 9.17) is 0 Å². The molecule has 96 valence electrons. The van der Waals surface area contributed by atoms with Crippen molar-refractivity contribution in [2.45, 2.75) is 65.0 Å². The zero-order valence-corrected chi connectivity index (χ0v) is 11.5. The van der Waals surface area contributed by atoms with Crippen molar-refractivity contribution in [3.05, 3.63) is 23.5 Å². The monoisotopic (exact) mass is 234 g/mol. The van der Waals surface area contributed by atoms with Crippen molar-refractivity contribution in [2.75, 3.05) is 6.54 Å². The third-order valence-corrected chi connectivity index (χ3v) is 4.05. The molecule has 0 aromatic carbocycles. The topological polar surface area (TPSA) is 19.0 Å².